The number of nitrogens with zero attached hydrogens (tertiary/aromatic N) is 2. The van der Waals surface area contributed by atoms with Gasteiger partial charge in [-0.25, -0.2) is 0 Å². The largest absolute Gasteiger partial charge is 0.493 e. The first kappa shape index (κ1) is 17.4. The van der Waals surface area contributed by atoms with Crippen molar-refractivity contribution in [1.29, 1.82) is 0 Å². The van der Waals surface area contributed by atoms with E-state index in [0.717, 1.165) is 27.9 Å². The number of amides is 1. The first-order valence-electron chi connectivity index (χ1n) is 8.19. The van der Waals surface area contributed by atoms with Crippen LogP contribution < -0.4 is 9.75 Å². The molecule has 0 bridgehead atoms. The fourth-order valence-electron chi connectivity index (χ4n) is 2.56. The highest BCUT2D eigenvalue weighted by molar-refractivity contribution is 9.10. The van der Waals surface area contributed by atoms with Crippen molar-refractivity contribution in [3.63, 3.8) is 0 Å². The second-order valence-corrected chi connectivity index (χ2v) is 6.64. The van der Waals surface area contributed by atoms with Crippen molar-refractivity contribution in [3.8, 4) is 5.75 Å². The van der Waals surface area contributed by atoms with Gasteiger partial charge >= 0.3 is 0 Å². The lowest BCUT2D eigenvalue weighted by Crippen LogP contribution is -2.21. The smallest absolute Gasteiger partial charge is 0.280 e. The average Bonchev–Trinajstić information content (AvgIpc) is 2.90. The van der Waals surface area contributed by atoms with Crippen molar-refractivity contribution < 1.29 is 9.53 Å². The molecule has 0 fully saturated rings. The highest BCUT2D eigenvalue weighted by Crippen LogP contribution is 2.29. The van der Waals surface area contributed by atoms with Gasteiger partial charge in [0.05, 0.1) is 23.6 Å². The molecule has 1 aliphatic heterocycles. The van der Waals surface area contributed by atoms with Crippen LogP contribution in [0.4, 0.5) is 5.69 Å². The molecule has 25 heavy (non-hydrogen) atoms. The van der Waals surface area contributed by atoms with Crippen molar-refractivity contribution in [2.75, 3.05) is 11.6 Å². The number of halogens is 1. The van der Waals surface area contributed by atoms with Gasteiger partial charge in [-0.2, -0.15) is 10.1 Å². The molecule has 2 aromatic carbocycles. The summed E-state index contributed by atoms with van der Waals surface area (Å²) < 4.78 is 6.74. The van der Waals surface area contributed by atoms with Crippen LogP contribution >= 0.6 is 15.9 Å². The molecule has 5 heteroatoms. The van der Waals surface area contributed by atoms with Crippen LogP contribution in [0.1, 0.15) is 25.8 Å². The molecule has 0 radical (unpaired) electrons. The molecule has 0 unspecified atom stereocenters. The summed E-state index contributed by atoms with van der Waals surface area (Å²) in [6.45, 7) is 4.54. The Morgan fingerprint density at radius 3 is 2.68 bits per heavy atom. The van der Waals surface area contributed by atoms with Gasteiger partial charge in [-0.1, -0.05) is 41.1 Å². The number of hydrazone groups is 1. The molecule has 128 valence electrons. The lowest BCUT2D eigenvalue weighted by Gasteiger charge is -2.12. The Labute approximate surface area is 155 Å². The van der Waals surface area contributed by atoms with E-state index in [9.17, 15) is 4.79 Å². The van der Waals surface area contributed by atoms with Crippen LogP contribution in [0.3, 0.4) is 0 Å². The van der Waals surface area contributed by atoms with Crippen molar-refractivity contribution in [2.24, 2.45) is 5.10 Å². The summed E-state index contributed by atoms with van der Waals surface area (Å²) >= 11 is 3.48. The number of ether oxygens (including phenoxy) is 1. The number of para-hydroxylation sites is 1. The molecule has 1 amide bonds. The van der Waals surface area contributed by atoms with Gasteiger partial charge in [0.2, 0.25) is 0 Å². The molecule has 0 spiro atoms. The van der Waals surface area contributed by atoms with Gasteiger partial charge in [0.25, 0.3) is 5.91 Å². The van der Waals surface area contributed by atoms with E-state index in [1.807, 2.05) is 61.5 Å². The van der Waals surface area contributed by atoms with Gasteiger partial charge in [0, 0.05) is 10.0 Å². The zero-order valence-corrected chi connectivity index (χ0v) is 15.8. The van der Waals surface area contributed by atoms with Gasteiger partial charge in [-0.3, -0.25) is 4.79 Å². The Hall–Kier alpha value is -2.40. The van der Waals surface area contributed by atoms with Crippen LogP contribution in [0, 0.1) is 0 Å². The second-order valence-electron chi connectivity index (χ2n) is 5.73. The molecule has 4 nitrogen and oxygen atoms in total. The topological polar surface area (TPSA) is 41.9 Å². The highest BCUT2D eigenvalue weighted by atomic mass is 79.9. The lowest BCUT2D eigenvalue weighted by atomic mass is 10.1. The number of hydrogen-bond donors (Lipinski definition) is 0. The monoisotopic (exact) mass is 398 g/mol. The van der Waals surface area contributed by atoms with Crippen molar-refractivity contribution in [2.45, 2.75) is 20.3 Å². The average molecular weight is 399 g/mol. The molecule has 1 heterocycles. The predicted molar refractivity (Wildman–Crippen MR) is 105 cm³/mol. The normalized spacial score (nSPS) is 15.6. The quantitative estimate of drug-likeness (QED) is 0.661. The van der Waals surface area contributed by atoms with Gasteiger partial charge < -0.3 is 4.74 Å². The van der Waals surface area contributed by atoms with Crippen molar-refractivity contribution in [3.05, 3.63) is 64.1 Å². The van der Waals surface area contributed by atoms with E-state index in [1.165, 1.54) is 5.01 Å². The molecule has 0 N–H and O–H groups in total. The Bertz CT molecular complexity index is 844. The number of anilines is 1. The number of carbonyl (C=O) groups excluding carboxylic acids is 1. The highest BCUT2D eigenvalue weighted by Gasteiger charge is 2.28. The van der Waals surface area contributed by atoms with Crippen LogP contribution in [0.25, 0.3) is 6.08 Å². The van der Waals surface area contributed by atoms with Crippen LogP contribution in [-0.2, 0) is 4.79 Å². The number of benzene rings is 2. The summed E-state index contributed by atoms with van der Waals surface area (Å²) in [6.07, 6.45) is 2.77. The SMILES string of the molecule is CCCOc1ccc(Br)cc1/C=C1\C(=O)N(c2ccccc2)N=C1C. The third-order valence-electron chi connectivity index (χ3n) is 3.80. The summed E-state index contributed by atoms with van der Waals surface area (Å²) in [5, 5.41) is 5.85. The summed E-state index contributed by atoms with van der Waals surface area (Å²) in [7, 11) is 0. The fraction of sp³-hybridized carbons (Fsp3) is 0.200. The first-order chi connectivity index (χ1) is 12.1. The summed E-state index contributed by atoms with van der Waals surface area (Å²) in [5.74, 6) is 0.626. The predicted octanol–water partition coefficient (Wildman–Crippen LogP) is 5.04. The Morgan fingerprint density at radius 2 is 1.96 bits per heavy atom. The van der Waals surface area contributed by atoms with Crippen LogP contribution in [-0.4, -0.2) is 18.2 Å². The molecule has 2 aromatic rings. The summed E-state index contributed by atoms with van der Waals surface area (Å²) in [4.78, 5) is 12.8. The van der Waals surface area contributed by atoms with Crippen LogP contribution in [0.15, 0.2) is 63.7 Å². The molecular weight excluding hydrogens is 380 g/mol. The minimum absolute atomic E-state index is 0.134. The van der Waals surface area contributed by atoms with E-state index in [-0.39, 0.29) is 5.91 Å². The molecule has 1 aliphatic rings. The van der Waals surface area contributed by atoms with Crippen LogP contribution in [0.5, 0.6) is 5.75 Å². The lowest BCUT2D eigenvalue weighted by molar-refractivity contribution is -0.114. The summed E-state index contributed by atoms with van der Waals surface area (Å²) in [5.41, 5.74) is 2.88. The third kappa shape index (κ3) is 3.82. The molecule has 0 saturated carbocycles. The van der Waals surface area contributed by atoms with Crippen LogP contribution in [0.2, 0.25) is 0 Å². The van der Waals surface area contributed by atoms with E-state index in [2.05, 4.69) is 28.0 Å². The number of carbonyl (C=O) groups is 1. The van der Waals surface area contributed by atoms with Gasteiger partial charge in [0.15, 0.2) is 0 Å². The molecule has 0 aromatic heterocycles. The molecule has 0 aliphatic carbocycles. The number of hydrogen-bond acceptors (Lipinski definition) is 3. The van der Waals surface area contributed by atoms with Gasteiger partial charge in [-0.05, 0) is 49.8 Å². The van der Waals surface area contributed by atoms with E-state index >= 15 is 0 Å². The van der Waals surface area contributed by atoms with E-state index < -0.39 is 0 Å². The minimum Gasteiger partial charge on any atom is -0.493 e. The van der Waals surface area contributed by atoms with E-state index in [0.29, 0.717) is 17.9 Å². The summed E-state index contributed by atoms with van der Waals surface area (Å²) in [6, 6.07) is 15.2. The number of rotatable bonds is 5. The third-order valence-corrected chi connectivity index (χ3v) is 4.29. The maximum Gasteiger partial charge on any atom is 0.280 e. The molecule has 3 rings (SSSR count). The van der Waals surface area contributed by atoms with Gasteiger partial charge in [0.1, 0.15) is 5.75 Å². The first-order valence-corrected chi connectivity index (χ1v) is 8.98. The van der Waals surface area contributed by atoms with E-state index in [4.69, 9.17) is 4.74 Å². The fourth-order valence-corrected chi connectivity index (χ4v) is 2.94. The van der Waals surface area contributed by atoms with Gasteiger partial charge in [-0.15, -0.1) is 0 Å². The Balaban J connectivity index is 1.96. The molecule has 0 atom stereocenters. The Morgan fingerprint density at radius 1 is 1.20 bits per heavy atom. The molecule has 0 saturated heterocycles. The van der Waals surface area contributed by atoms with E-state index in [1.54, 1.807) is 0 Å². The zero-order chi connectivity index (χ0) is 17.8. The maximum atomic E-state index is 12.8. The minimum atomic E-state index is -0.134. The Kier molecular flexibility index (Phi) is 5.34. The molecular formula is C20H19BrN2O2. The maximum absolute atomic E-state index is 12.8. The van der Waals surface area contributed by atoms with Crippen molar-refractivity contribution >= 4 is 39.3 Å². The standard InChI is InChI=1S/C20H19BrN2O2/c1-3-11-25-19-10-9-16(21)12-15(19)13-18-14(2)22-23(20(18)24)17-7-5-4-6-8-17/h4-10,12-13H,3,11H2,1-2H3/b18-13-. The second kappa shape index (κ2) is 7.66. The zero-order valence-electron chi connectivity index (χ0n) is 14.2. The van der Waals surface area contributed by atoms with Crippen molar-refractivity contribution in [1.82, 2.24) is 0 Å².